The number of aromatic nitrogens is 2. The van der Waals surface area contributed by atoms with E-state index in [0.717, 1.165) is 5.56 Å². The molecule has 1 aromatic heterocycles. The summed E-state index contributed by atoms with van der Waals surface area (Å²) in [6, 6.07) is 9.75. The lowest BCUT2D eigenvalue weighted by atomic mass is 10.2. The normalized spacial score (nSPS) is 12.3. The highest BCUT2D eigenvalue weighted by atomic mass is 35.5. The summed E-state index contributed by atoms with van der Waals surface area (Å²) in [5, 5.41) is 11.5. The Morgan fingerprint density at radius 1 is 1.41 bits per heavy atom. The highest BCUT2D eigenvalue weighted by Gasteiger charge is 2.26. The predicted molar refractivity (Wildman–Crippen MR) is 90.2 cm³/mol. The largest absolute Gasteiger partial charge is 0.396 e. The summed E-state index contributed by atoms with van der Waals surface area (Å²) >= 11 is 13.0. The van der Waals surface area contributed by atoms with Crippen LogP contribution in [0.4, 0.5) is 5.82 Å². The maximum Gasteiger partial charge on any atom is 0.396 e. The van der Waals surface area contributed by atoms with E-state index in [4.69, 9.17) is 23.2 Å². The minimum atomic E-state index is -0.458. The number of halogens is 2. The highest BCUT2D eigenvalue weighted by Crippen LogP contribution is 2.31. The molecule has 0 saturated heterocycles. The Hall–Kier alpha value is -1.24. The number of benzene rings is 1. The molecular weight excluding hydrogens is 345 g/mol. The first kappa shape index (κ1) is 17.1. The lowest BCUT2D eigenvalue weighted by molar-refractivity contribution is -0.392. The van der Waals surface area contributed by atoms with Gasteiger partial charge in [0, 0.05) is 18.6 Å². The van der Waals surface area contributed by atoms with Gasteiger partial charge in [-0.3, -0.25) is 4.57 Å². The topological polar surface area (TPSA) is 61.0 Å². The minimum absolute atomic E-state index is 0.128. The van der Waals surface area contributed by atoms with Crippen molar-refractivity contribution < 1.29 is 4.92 Å². The summed E-state index contributed by atoms with van der Waals surface area (Å²) in [4.78, 5) is 14.8. The Kier molecular flexibility index (Phi) is 6.11. The van der Waals surface area contributed by atoms with Crippen LogP contribution in [-0.2, 0) is 6.54 Å². The number of aryl methyl sites for hydroxylation is 1. The maximum absolute atomic E-state index is 11.2. The van der Waals surface area contributed by atoms with Crippen LogP contribution in [0.5, 0.6) is 0 Å². The van der Waals surface area contributed by atoms with Gasteiger partial charge in [0.25, 0.3) is 0 Å². The van der Waals surface area contributed by atoms with E-state index in [1.165, 1.54) is 11.8 Å². The van der Waals surface area contributed by atoms with Gasteiger partial charge in [-0.2, -0.15) is 0 Å². The van der Waals surface area contributed by atoms with Crippen molar-refractivity contribution in [3.05, 3.63) is 51.8 Å². The Labute approximate surface area is 142 Å². The first-order valence-corrected chi connectivity index (χ1v) is 8.56. The molecule has 1 unspecified atom stereocenters. The van der Waals surface area contributed by atoms with Crippen molar-refractivity contribution in [3.63, 3.8) is 0 Å². The zero-order chi connectivity index (χ0) is 16.1. The van der Waals surface area contributed by atoms with E-state index in [2.05, 4.69) is 4.98 Å². The second-order valence-corrected chi connectivity index (χ2v) is 6.61. The molecule has 0 N–H and O–H groups in total. The van der Waals surface area contributed by atoms with E-state index in [0.29, 0.717) is 29.0 Å². The highest BCUT2D eigenvalue weighted by molar-refractivity contribution is 7.99. The maximum atomic E-state index is 11.2. The fourth-order valence-electron chi connectivity index (χ4n) is 1.96. The van der Waals surface area contributed by atoms with Crippen LogP contribution in [0, 0.1) is 17.0 Å². The van der Waals surface area contributed by atoms with E-state index >= 15 is 0 Å². The molecule has 5 nitrogen and oxygen atoms in total. The fourth-order valence-corrected chi connectivity index (χ4v) is 3.44. The molecule has 1 heterocycles. The number of nitro groups is 1. The molecule has 22 heavy (non-hydrogen) atoms. The monoisotopic (exact) mass is 359 g/mol. The molecule has 2 rings (SSSR count). The molecule has 0 spiro atoms. The van der Waals surface area contributed by atoms with Gasteiger partial charge >= 0.3 is 5.82 Å². The number of hydrogen-bond donors (Lipinski definition) is 0. The Morgan fingerprint density at radius 2 is 2.09 bits per heavy atom. The molecule has 0 fully saturated rings. The van der Waals surface area contributed by atoms with Crippen molar-refractivity contribution in [2.75, 3.05) is 11.6 Å². The number of alkyl halides is 2. The second-order valence-electron chi connectivity index (χ2n) is 4.68. The summed E-state index contributed by atoms with van der Waals surface area (Å²) in [7, 11) is 0. The van der Waals surface area contributed by atoms with E-state index in [-0.39, 0.29) is 11.2 Å². The number of nitrogens with zero attached hydrogens (tertiary/aromatic N) is 3. The Morgan fingerprint density at radius 3 is 2.68 bits per heavy atom. The van der Waals surface area contributed by atoms with Gasteiger partial charge in [0.1, 0.15) is 0 Å². The molecule has 0 amide bonds. The van der Waals surface area contributed by atoms with Gasteiger partial charge in [-0.25, -0.2) is 0 Å². The molecular formula is C14H15Cl2N3O2S. The Bertz CT molecular complexity index is 649. The molecule has 8 heteroatoms. The van der Waals surface area contributed by atoms with Gasteiger partial charge < -0.3 is 10.1 Å². The molecule has 1 aromatic carbocycles. The van der Waals surface area contributed by atoms with Gasteiger partial charge in [-0.15, -0.1) is 23.2 Å². The van der Waals surface area contributed by atoms with Crippen molar-refractivity contribution in [1.29, 1.82) is 0 Å². The van der Waals surface area contributed by atoms with Crippen molar-refractivity contribution in [2.24, 2.45) is 0 Å². The first-order valence-electron chi connectivity index (χ1n) is 6.61. The van der Waals surface area contributed by atoms with Crippen LogP contribution in [0.1, 0.15) is 11.4 Å². The van der Waals surface area contributed by atoms with Gasteiger partial charge in [0.05, 0.1) is 11.9 Å². The quantitative estimate of drug-likeness (QED) is 0.323. The van der Waals surface area contributed by atoms with E-state index < -0.39 is 4.92 Å². The third kappa shape index (κ3) is 4.15. The number of hydrogen-bond acceptors (Lipinski definition) is 4. The number of thioether (sulfide) groups is 1. The average Bonchev–Trinajstić information content (AvgIpc) is 2.82. The molecule has 0 saturated carbocycles. The van der Waals surface area contributed by atoms with Gasteiger partial charge in [0.15, 0.2) is 5.03 Å². The molecule has 0 aliphatic rings. The van der Waals surface area contributed by atoms with Gasteiger partial charge in [0.2, 0.25) is 5.82 Å². The minimum Gasteiger partial charge on any atom is -0.358 e. The zero-order valence-electron chi connectivity index (χ0n) is 11.9. The molecule has 1 atom stereocenters. The van der Waals surface area contributed by atoms with Crippen LogP contribution in [-0.4, -0.2) is 31.5 Å². The smallest absolute Gasteiger partial charge is 0.358 e. The first-order chi connectivity index (χ1) is 10.5. The summed E-state index contributed by atoms with van der Waals surface area (Å²) in [6.07, 6.45) is 0. The number of imidazole rings is 1. The van der Waals surface area contributed by atoms with Crippen LogP contribution >= 0.6 is 35.0 Å². The van der Waals surface area contributed by atoms with E-state index in [1.54, 1.807) is 6.92 Å². The van der Waals surface area contributed by atoms with E-state index in [1.807, 2.05) is 34.9 Å². The third-order valence-electron chi connectivity index (χ3n) is 3.02. The number of rotatable bonds is 7. The van der Waals surface area contributed by atoms with Gasteiger partial charge in [-0.05, 0) is 15.5 Å². The molecule has 0 aliphatic carbocycles. The summed E-state index contributed by atoms with van der Waals surface area (Å²) in [5.74, 6) is 1.27. The van der Waals surface area contributed by atoms with Crippen molar-refractivity contribution in [1.82, 2.24) is 9.55 Å². The van der Waals surface area contributed by atoms with Gasteiger partial charge in [-0.1, -0.05) is 42.1 Å². The van der Waals surface area contributed by atoms with Crippen molar-refractivity contribution >= 4 is 40.8 Å². The molecule has 118 valence electrons. The summed E-state index contributed by atoms with van der Waals surface area (Å²) in [5.41, 5.74) is 1.06. The van der Waals surface area contributed by atoms with Crippen LogP contribution in [0.2, 0.25) is 0 Å². The van der Waals surface area contributed by atoms with Crippen LogP contribution in [0.25, 0.3) is 0 Å². The van der Waals surface area contributed by atoms with Crippen molar-refractivity contribution in [3.8, 4) is 0 Å². The zero-order valence-corrected chi connectivity index (χ0v) is 14.2. The fraction of sp³-hybridized carbons (Fsp3) is 0.357. The standard InChI is InChI=1S/C14H15Cl2N3O2S/c1-10-17-13(19(20)21)14(22-9-12(16)7-15)18(10)8-11-5-3-2-4-6-11/h2-6,12H,7-9H2,1H3. The molecule has 0 bridgehead atoms. The van der Waals surface area contributed by atoms with Crippen LogP contribution in [0.3, 0.4) is 0 Å². The SMILES string of the molecule is Cc1nc([N+](=O)[O-])c(SCC(Cl)CCl)n1Cc1ccccc1. The lowest BCUT2D eigenvalue weighted by Gasteiger charge is -2.09. The average molecular weight is 360 g/mol. The second kappa shape index (κ2) is 7.85. The summed E-state index contributed by atoms with van der Waals surface area (Å²) < 4.78 is 1.84. The summed E-state index contributed by atoms with van der Waals surface area (Å²) in [6.45, 7) is 2.30. The molecule has 2 aromatic rings. The van der Waals surface area contributed by atoms with E-state index in [9.17, 15) is 10.1 Å². The Balaban J connectivity index is 2.32. The van der Waals surface area contributed by atoms with Crippen molar-refractivity contribution in [2.45, 2.75) is 23.9 Å². The van der Waals surface area contributed by atoms with Crippen LogP contribution in [0.15, 0.2) is 35.4 Å². The molecule has 0 radical (unpaired) electrons. The predicted octanol–water partition coefficient (Wildman–Crippen LogP) is 4.09. The molecule has 0 aliphatic heterocycles. The lowest BCUT2D eigenvalue weighted by Crippen LogP contribution is -2.08. The third-order valence-corrected chi connectivity index (χ3v) is 5.29. The van der Waals surface area contributed by atoms with Crippen LogP contribution < -0.4 is 0 Å².